The van der Waals surface area contributed by atoms with Crippen molar-refractivity contribution in [2.45, 2.75) is 44.6 Å². The highest BCUT2D eigenvalue weighted by molar-refractivity contribution is 5.76. The molecule has 0 aromatic heterocycles. The number of nitrogens with one attached hydrogen (secondary N) is 1. The molecule has 2 rings (SSSR count). The molecule has 1 saturated carbocycles. The summed E-state index contributed by atoms with van der Waals surface area (Å²) in [6.45, 7) is 3.68. The summed E-state index contributed by atoms with van der Waals surface area (Å²) >= 11 is 0. The van der Waals surface area contributed by atoms with Crippen LogP contribution in [-0.4, -0.2) is 50.2 Å². The van der Waals surface area contributed by atoms with Crippen LogP contribution in [0.1, 0.15) is 38.5 Å². The highest BCUT2D eigenvalue weighted by Crippen LogP contribution is 2.30. The van der Waals surface area contributed by atoms with Gasteiger partial charge in [0.25, 0.3) is 0 Å². The number of hydrogen-bond donors (Lipinski definition) is 1. The molecule has 1 amide bonds. The van der Waals surface area contributed by atoms with E-state index in [4.69, 9.17) is 4.74 Å². The van der Waals surface area contributed by atoms with Crippen LogP contribution in [0.4, 0.5) is 0 Å². The van der Waals surface area contributed by atoms with Crippen molar-refractivity contribution in [1.29, 1.82) is 0 Å². The van der Waals surface area contributed by atoms with Crippen molar-refractivity contribution in [1.82, 2.24) is 10.2 Å². The lowest BCUT2D eigenvalue weighted by Crippen LogP contribution is -2.42. The van der Waals surface area contributed by atoms with Crippen LogP contribution in [0.3, 0.4) is 0 Å². The molecule has 1 heterocycles. The molecule has 18 heavy (non-hydrogen) atoms. The molecule has 1 aliphatic carbocycles. The largest absolute Gasteiger partial charge is 0.385 e. The predicted molar refractivity (Wildman–Crippen MR) is 71.4 cm³/mol. The van der Waals surface area contributed by atoms with E-state index < -0.39 is 0 Å². The van der Waals surface area contributed by atoms with E-state index >= 15 is 0 Å². The topological polar surface area (TPSA) is 41.6 Å². The zero-order chi connectivity index (χ0) is 12.8. The lowest BCUT2D eigenvalue weighted by Gasteiger charge is -2.26. The van der Waals surface area contributed by atoms with Crippen molar-refractivity contribution in [3.8, 4) is 0 Å². The summed E-state index contributed by atoms with van der Waals surface area (Å²) in [5, 5.41) is 3.48. The monoisotopic (exact) mass is 254 g/mol. The first-order chi connectivity index (χ1) is 8.79. The lowest BCUT2D eigenvalue weighted by molar-refractivity contribution is -0.132. The smallest absolute Gasteiger partial charge is 0.222 e. The van der Waals surface area contributed by atoms with Gasteiger partial charge in [0, 0.05) is 39.3 Å². The molecule has 4 nitrogen and oxygen atoms in total. The number of hydrogen-bond acceptors (Lipinski definition) is 3. The van der Waals surface area contributed by atoms with Crippen molar-refractivity contribution >= 4 is 5.91 Å². The quantitative estimate of drug-likeness (QED) is 0.666. The van der Waals surface area contributed by atoms with E-state index in [0.29, 0.717) is 25.0 Å². The Hall–Kier alpha value is -0.610. The second-order valence-corrected chi connectivity index (χ2v) is 5.63. The number of nitrogens with zero attached hydrogens (tertiary/aromatic N) is 1. The molecule has 2 aliphatic rings. The van der Waals surface area contributed by atoms with Gasteiger partial charge in [0.1, 0.15) is 0 Å². The first-order valence-corrected chi connectivity index (χ1v) is 7.29. The fraction of sp³-hybridized carbons (Fsp3) is 0.929. The summed E-state index contributed by atoms with van der Waals surface area (Å²) < 4.78 is 5.02. The van der Waals surface area contributed by atoms with Crippen LogP contribution in [0, 0.1) is 5.92 Å². The van der Waals surface area contributed by atoms with Crippen LogP contribution in [0.2, 0.25) is 0 Å². The summed E-state index contributed by atoms with van der Waals surface area (Å²) in [5.41, 5.74) is 0. The zero-order valence-electron chi connectivity index (χ0n) is 11.5. The van der Waals surface area contributed by atoms with Crippen molar-refractivity contribution < 1.29 is 9.53 Å². The Morgan fingerprint density at radius 2 is 2.17 bits per heavy atom. The number of carbonyl (C=O) groups excluding carboxylic acids is 1. The Kier molecular flexibility index (Phi) is 5.45. The maximum absolute atomic E-state index is 12.2. The van der Waals surface area contributed by atoms with E-state index in [1.165, 1.54) is 25.7 Å². The SMILES string of the molecule is COCCCC(=O)N(CC1CC1)CC1CCCN1. The van der Waals surface area contributed by atoms with E-state index in [9.17, 15) is 4.79 Å². The summed E-state index contributed by atoms with van der Waals surface area (Å²) in [6.07, 6.45) is 6.55. The summed E-state index contributed by atoms with van der Waals surface area (Å²) in [6, 6.07) is 0.523. The minimum absolute atomic E-state index is 0.313. The van der Waals surface area contributed by atoms with Gasteiger partial charge in [-0.3, -0.25) is 4.79 Å². The van der Waals surface area contributed by atoms with E-state index in [0.717, 1.165) is 32.0 Å². The molecule has 0 spiro atoms. The van der Waals surface area contributed by atoms with Crippen LogP contribution >= 0.6 is 0 Å². The molecular formula is C14H26N2O2. The van der Waals surface area contributed by atoms with E-state index in [1.807, 2.05) is 0 Å². The third-order valence-corrected chi connectivity index (χ3v) is 3.87. The van der Waals surface area contributed by atoms with Gasteiger partial charge in [-0.25, -0.2) is 0 Å². The lowest BCUT2D eigenvalue weighted by atomic mass is 10.2. The highest BCUT2D eigenvalue weighted by atomic mass is 16.5. The van der Waals surface area contributed by atoms with Crippen LogP contribution in [0.5, 0.6) is 0 Å². The van der Waals surface area contributed by atoms with E-state index in [-0.39, 0.29) is 0 Å². The fourth-order valence-corrected chi connectivity index (χ4v) is 2.59. The molecule has 0 bridgehead atoms. The van der Waals surface area contributed by atoms with E-state index in [2.05, 4.69) is 10.2 Å². The van der Waals surface area contributed by atoms with Crippen molar-refractivity contribution in [2.24, 2.45) is 5.92 Å². The maximum atomic E-state index is 12.2. The average Bonchev–Trinajstić information content (AvgIpc) is 3.03. The molecule has 2 fully saturated rings. The average molecular weight is 254 g/mol. The van der Waals surface area contributed by atoms with Crippen LogP contribution < -0.4 is 5.32 Å². The van der Waals surface area contributed by atoms with Gasteiger partial charge in [-0.05, 0) is 44.6 Å². The summed E-state index contributed by atoms with van der Waals surface area (Å²) in [4.78, 5) is 14.3. The number of amides is 1. The van der Waals surface area contributed by atoms with Gasteiger partial charge in [0.2, 0.25) is 5.91 Å². The van der Waals surface area contributed by atoms with Crippen LogP contribution in [-0.2, 0) is 9.53 Å². The molecule has 1 unspecified atom stereocenters. The Labute approximate surface area is 110 Å². The van der Waals surface area contributed by atoms with Gasteiger partial charge in [-0.2, -0.15) is 0 Å². The van der Waals surface area contributed by atoms with Gasteiger partial charge in [0.05, 0.1) is 0 Å². The van der Waals surface area contributed by atoms with Gasteiger partial charge in [-0.1, -0.05) is 0 Å². The molecule has 104 valence electrons. The molecule has 0 aromatic carbocycles. The maximum Gasteiger partial charge on any atom is 0.222 e. The summed E-state index contributed by atoms with van der Waals surface area (Å²) in [5.74, 6) is 1.09. The van der Waals surface area contributed by atoms with E-state index in [1.54, 1.807) is 7.11 Å². The van der Waals surface area contributed by atoms with Crippen molar-refractivity contribution in [3.63, 3.8) is 0 Å². The van der Waals surface area contributed by atoms with Gasteiger partial charge in [-0.15, -0.1) is 0 Å². The first kappa shape index (κ1) is 13.8. The molecule has 1 saturated heterocycles. The molecule has 1 N–H and O–H groups in total. The van der Waals surface area contributed by atoms with Crippen LogP contribution in [0.15, 0.2) is 0 Å². The number of rotatable bonds is 8. The van der Waals surface area contributed by atoms with Crippen molar-refractivity contribution in [2.75, 3.05) is 33.4 Å². The second kappa shape index (κ2) is 7.10. The third-order valence-electron chi connectivity index (χ3n) is 3.87. The third kappa shape index (κ3) is 4.58. The molecule has 0 aromatic rings. The molecule has 0 radical (unpaired) electrons. The summed E-state index contributed by atoms with van der Waals surface area (Å²) in [7, 11) is 1.69. The van der Waals surface area contributed by atoms with Gasteiger partial charge in [0.15, 0.2) is 0 Å². The molecular weight excluding hydrogens is 228 g/mol. The Morgan fingerprint density at radius 1 is 1.33 bits per heavy atom. The predicted octanol–water partition coefficient (Wildman–Crippen LogP) is 1.40. The molecule has 1 aliphatic heterocycles. The minimum atomic E-state index is 0.313. The van der Waals surface area contributed by atoms with Crippen molar-refractivity contribution in [3.05, 3.63) is 0 Å². The minimum Gasteiger partial charge on any atom is -0.385 e. The zero-order valence-corrected chi connectivity index (χ0v) is 11.5. The Balaban J connectivity index is 1.76. The molecule has 4 heteroatoms. The fourth-order valence-electron chi connectivity index (χ4n) is 2.59. The van der Waals surface area contributed by atoms with Gasteiger partial charge < -0.3 is 15.0 Å². The van der Waals surface area contributed by atoms with Crippen LogP contribution in [0.25, 0.3) is 0 Å². The normalized spacial score (nSPS) is 23.3. The Morgan fingerprint density at radius 3 is 2.78 bits per heavy atom. The Bertz CT molecular complexity index is 261. The second-order valence-electron chi connectivity index (χ2n) is 5.63. The molecule has 1 atom stereocenters. The number of methoxy groups -OCH3 is 1. The first-order valence-electron chi connectivity index (χ1n) is 7.29. The van der Waals surface area contributed by atoms with Gasteiger partial charge >= 0.3 is 0 Å². The number of carbonyl (C=O) groups is 1. The number of ether oxygens (including phenoxy) is 1. The standard InChI is InChI=1S/C14H26N2O2/c1-18-9-3-5-14(17)16(10-12-6-7-12)11-13-4-2-8-15-13/h12-13,15H,2-11H2,1H3. The highest BCUT2D eigenvalue weighted by Gasteiger charge is 2.28.